The minimum atomic E-state index is -0.322. The highest BCUT2D eigenvalue weighted by atomic mass is 16.3. The summed E-state index contributed by atoms with van der Waals surface area (Å²) in [7, 11) is 0. The zero-order valence-electron chi connectivity index (χ0n) is 10.4. The Hall–Kier alpha value is -2.69. The first-order chi connectivity index (χ1) is 9.18. The molecule has 19 heavy (non-hydrogen) atoms. The first kappa shape index (κ1) is 12.8. The van der Waals surface area contributed by atoms with Crippen LogP contribution in [0.3, 0.4) is 0 Å². The average Bonchev–Trinajstić information content (AvgIpc) is 2.46. The predicted octanol–water partition coefficient (Wildman–Crippen LogP) is 1.94. The number of carbonyl (C=O) groups excluding carboxylic acids is 1. The zero-order valence-corrected chi connectivity index (χ0v) is 10.4. The highest BCUT2D eigenvalue weighted by Crippen LogP contribution is 2.16. The minimum absolute atomic E-state index is 0.127. The molecule has 1 heterocycles. The van der Waals surface area contributed by atoms with Gasteiger partial charge in [-0.25, -0.2) is 5.43 Å². The van der Waals surface area contributed by atoms with Crippen LogP contribution in [0.1, 0.15) is 22.8 Å². The van der Waals surface area contributed by atoms with Gasteiger partial charge < -0.3 is 5.11 Å². The summed E-state index contributed by atoms with van der Waals surface area (Å²) in [4.78, 5) is 15.6. The molecule has 2 rings (SSSR count). The Balaban J connectivity index is 2.11. The molecular formula is C14H13N3O2. The van der Waals surface area contributed by atoms with Crippen molar-refractivity contribution in [3.63, 3.8) is 0 Å². The fourth-order valence-corrected chi connectivity index (χ4v) is 1.54. The normalized spacial score (nSPS) is 11.1. The number of carbonyl (C=O) groups is 1. The van der Waals surface area contributed by atoms with Gasteiger partial charge in [-0.3, -0.25) is 9.78 Å². The molecule has 0 bridgehead atoms. The lowest BCUT2D eigenvalue weighted by molar-refractivity contribution is 0.0954. The third kappa shape index (κ3) is 3.16. The zero-order chi connectivity index (χ0) is 13.7. The molecule has 0 atom stereocenters. The van der Waals surface area contributed by atoms with Gasteiger partial charge in [0.05, 0.1) is 5.71 Å². The minimum Gasteiger partial charge on any atom is -0.507 e. The van der Waals surface area contributed by atoms with E-state index in [-0.39, 0.29) is 11.7 Å². The number of pyridine rings is 1. The number of hydrazone groups is 1. The Kier molecular flexibility index (Phi) is 3.87. The van der Waals surface area contributed by atoms with Gasteiger partial charge in [-0.05, 0) is 31.2 Å². The van der Waals surface area contributed by atoms with E-state index in [9.17, 15) is 9.90 Å². The molecule has 2 aromatic rings. The van der Waals surface area contributed by atoms with Crippen LogP contribution in [0.15, 0.2) is 53.9 Å². The van der Waals surface area contributed by atoms with Crippen molar-refractivity contribution in [3.05, 3.63) is 59.9 Å². The van der Waals surface area contributed by atoms with E-state index in [4.69, 9.17) is 0 Å². The van der Waals surface area contributed by atoms with Gasteiger partial charge in [-0.1, -0.05) is 12.1 Å². The second kappa shape index (κ2) is 5.77. The molecule has 0 saturated heterocycles. The lowest BCUT2D eigenvalue weighted by Gasteiger charge is -2.04. The summed E-state index contributed by atoms with van der Waals surface area (Å²) in [6.07, 6.45) is 3.07. The Labute approximate surface area is 110 Å². The lowest BCUT2D eigenvalue weighted by Crippen LogP contribution is -2.19. The molecule has 0 saturated carbocycles. The summed E-state index contributed by atoms with van der Waals surface area (Å²) in [5, 5.41) is 13.6. The van der Waals surface area contributed by atoms with Gasteiger partial charge in [0.2, 0.25) is 0 Å². The van der Waals surface area contributed by atoms with Crippen LogP contribution in [-0.4, -0.2) is 21.7 Å². The summed E-state index contributed by atoms with van der Waals surface area (Å²) >= 11 is 0. The molecule has 0 spiro atoms. The second-order valence-electron chi connectivity index (χ2n) is 3.89. The van der Waals surface area contributed by atoms with Crippen LogP contribution in [0.25, 0.3) is 0 Å². The van der Waals surface area contributed by atoms with Gasteiger partial charge in [-0.2, -0.15) is 5.10 Å². The highest BCUT2D eigenvalue weighted by molar-refractivity contribution is 6.02. The Morgan fingerprint density at radius 3 is 2.58 bits per heavy atom. The molecular weight excluding hydrogens is 242 g/mol. The molecule has 1 aromatic heterocycles. The number of para-hydroxylation sites is 1. The SMILES string of the molecule is CC(=NNC(=O)c1ccncc1)c1ccccc1O. The maximum atomic E-state index is 11.8. The number of rotatable bonds is 3. The maximum Gasteiger partial charge on any atom is 0.271 e. The topological polar surface area (TPSA) is 74.6 Å². The predicted molar refractivity (Wildman–Crippen MR) is 72.0 cm³/mol. The molecule has 0 aliphatic heterocycles. The summed E-state index contributed by atoms with van der Waals surface area (Å²) < 4.78 is 0. The van der Waals surface area contributed by atoms with E-state index in [2.05, 4.69) is 15.5 Å². The number of aromatic nitrogens is 1. The van der Waals surface area contributed by atoms with Crippen LogP contribution < -0.4 is 5.43 Å². The van der Waals surface area contributed by atoms with Gasteiger partial charge in [-0.15, -0.1) is 0 Å². The average molecular weight is 255 g/mol. The van der Waals surface area contributed by atoms with Crippen LogP contribution in [-0.2, 0) is 0 Å². The number of nitrogens with one attached hydrogen (secondary N) is 1. The van der Waals surface area contributed by atoms with Crippen LogP contribution in [0, 0.1) is 0 Å². The molecule has 1 aromatic carbocycles. The van der Waals surface area contributed by atoms with Crippen molar-refractivity contribution in [2.75, 3.05) is 0 Å². The first-order valence-corrected chi connectivity index (χ1v) is 5.71. The number of aromatic hydroxyl groups is 1. The van der Waals surface area contributed by atoms with E-state index in [0.29, 0.717) is 16.8 Å². The van der Waals surface area contributed by atoms with Gasteiger partial charge in [0.1, 0.15) is 5.75 Å². The number of benzene rings is 1. The molecule has 2 N–H and O–H groups in total. The van der Waals surface area contributed by atoms with Crippen LogP contribution in [0.5, 0.6) is 5.75 Å². The summed E-state index contributed by atoms with van der Waals surface area (Å²) in [6, 6.07) is 10.0. The fourth-order valence-electron chi connectivity index (χ4n) is 1.54. The van der Waals surface area contributed by atoms with Crippen LogP contribution >= 0.6 is 0 Å². The van der Waals surface area contributed by atoms with Crippen molar-refractivity contribution >= 4 is 11.6 Å². The van der Waals surface area contributed by atoms with Gasteiger partial charge >= 0.3 is 0 Å². The largest absolute Gasteiger partial charge is 0.507 e. The van der Waals surface area contributed by atoms with E-state index in [1.807, 2.05) is 0 Å². The third-order valence-corrected chi connectivity index (χ3v) is 2.56. The van der Waals surface area contributed by atoms with Crippen molar-refractivity contribution in [3.8, 4) is 5.75 Å². The fraction of sp³-hybridized carbons (Fsp3) is 0.0714. The van der Waals surface area contributed by atoms with Crippen molar-refractivity contribution in [1.82, 2.24) is 10.4 Å². The molecule has 1 amide bonds. The lowest BCUT2D eigenvalue weighted by atomic mass is 10.1. The second-order valence-corrected chi connectivity index (χ2v) is 3.89. The molecule has 96 valence electrons. The smallest absolute Gasteiger partial charge is 0.271 e. The van der Waals surface area contributed by atoms with E-state index in [0.717, 1.165) is 0 Å². The highest BCUT2D eigenvalue weighted by Gasteiger charge is 2.06. The number of amides is 1. The summed E-state index contributed by atoms with van der Waals surface area (Å²) in [5.41, 5.74) is 4.02. The molecule has 0 aliphatic carbocycles. The van der Waals surface area contributed by atoms with Crippen molar-refractivity contribution in [2.24, 2.45) is 5.10 Å². The first-order valence-electron chi connectivity index (χ1n) is 5.71. The maximum absolute atomic E-state index is 11.8. The van der Waals surface area contributed by atoms with E-state index in [1.165, 1.54) is 12.4 Å². The number of phenolic OH excluding ortho intramolecular Hbond substituents is 1. The monoisotopic (exact) mass is 255 g/mol. The van der Waals surface area contributed by atoms with Crippen LogP contribution in [0.2, 0.25) is 0 Å². The molecule has 0 aliphatic rings. The standard InChI is InChI=1S/C14H13N3O2/c1-10(12-4-2-3-5-13(12)18)16-17-14(19)11-6-8-15-9-7-11/h2-9,18H,1H3,(H,17,19). The third-order valence-electron chi connectivity index (χ3n) is 2.56. The van der Waals surface area contributed by atoms with Gasteiger partial charge in [0, 0.05) is 23.5 Å². The number of nitrogens with zero attached hydrogens (tertiary/aromatic N) is 2. The molecule has 0 unspecified atom stereocenters. The number of hydrogen-bond acceptors (Lipinski definition) is 4. The van der Waals surface area contributed by atoms with E-state index < -0.39 is 0 Å². The number of hydrogen-bond donors (Lipinski definition) is 2. The molecule has 0 radical (unpaired) electrons. The van der Waals surface area contributed by atoms with E-state index >= 15 is 0 Å². The van der Waals surface area contributed by atoms with Gasteiger partial charge in [0.15, 0.2) is 0 Å². The quantitative estimate of drug-likeness (QED) is 0.650. The van der Waals surface area contributed by atoms with Crippen molar-refractivity contribution in [2.45, 2.75) is 6.92 Å². The number of phenols is 1. The van der Waals surface area contributed by atoms with E-state index in [1.54, 1.807) is 43.3 Å². The van der Waals surface area contributed by atoms with Crippen molar-refractivity contribution in [1.29, 1.82) is 0 Å². The Morgan fingerprint density at radius 2 is 1.89 bits per heavy atom. The van der Waals surface area contributed by atoms with Gasteiger partial charge in [0.25, 0.3) is 5.91 Å². The molecule has 5 nitrogen and oxygen atoms in total. The Morgan fingerprint density at radius 1 is 1.21 bits per heavy atom. The van der Waals surface area contributed by atoms with Crippen molar-refractivity contribution < 1.29 is 9.90 Å². The molecule has 5 heteroatoms. The van der Waals surface area contributed by atoms with Crippen LogP contribution in [0.4, 0.5) is 0 Å². The summed E-state index contributed by atoms with van der Waals surface area (Å²) in [5.74, 6) is -0.195. The Bertz CT molecular complexity index is 609. The summed E-state index contributed by atoms with van der Waals surface area (Å²) in [6.45, 7) is 1.71. The molecule has 0 fully saturated rings.